The SMILES string of the molecule is CC(C)C(C(=O)O)S(=O)CCC(C)(C)C. The molecule has 1 N–H and O–H groups in total. The Morgan fingerprint density at radius 3 is 2.07 bits per heavy atom. The van der Waals surface area contributed by atoms with Crippen molar-refractivity contribution >= 4 is 16.8 Å². The fourth-order valence-electron chi connectivity index (χ4n) is 1.23. The van der Waals surface area contributed by atoms with Gasteiger partial charge < -0.3 is 5.11 Å². The molecule has 0 saturated heterocycles. The van der Waals surface area contributed by atoms with Crippen LogP contribution in [0.3, 0.4) is 0 Å². The Morgan fingerprint density at radius 2 is 1.80 bits per heavy atom. The van der Waals surface area contributed by atoms with E-state index in [9.17, 15) is 9.00 Å². The van der Waals surface area contributed by atoms with Gasteiger partial charge in [0.05, 0.1) is 0 Å². The molecule has 4 heteroatoms. The maximum Gasteiger partial charge on any atom is 0.319 e. The van der Waals surface area contributed by atoms with Gasteiger partial charge >= 0.3 is 5.97 Å². The van der Waals surface area contributed by atoms with Crippen LogP contribution in [0.5, 0.6) is 0 Å². The molecule has 0 bridgehead atoms. The van der Waals surface area contributed by atoms with E-state index < -0.39 is 22.0 Å². The van der Waals surface area contributed by atoms with Gasteiger partial charge in [-0.1, -0.05) is 34.6 Å². The van der Waals surface area contributed by atoms with Gasteiger partial charge in [-0.2, -0.15) is 0 Å². The van der Waals surface area contributed by atoms with Crippen molar-refractivity contribution < 1.29 is 14.1 Å². The molecule has 0 aromatic carbocycles. The Balaban J connectivity index is 4.35. The van der Waals surface area contributed by atoms with E-state index in [0.717, 1.165) is 6.42 Å². The molecular formula is C11H22O3S. The van der Waals surface area contributed by atoms with Crippen LogP contribution in [0.4, 0.5) is 0 Å². The number of hydrogen-bond acceptors (Lipinski definition) is 2. The molecule has 0 radical (unpaired) electrons. The number of hydrogen-bond donors (Lipinski definition) is 1. The van der Waals surface area contributed by atoms with Crippen molar-refractivity contribution in [2.24, 2.45) is 11.3 Å². The highest BCUT2D eigenvalue weighted by atomic mass is 32.2. The summed E-state index contributed by atoms with van der Waals surface area (Å²) >= 11 is 0. The van der Waals surface area contributed by atoms with E-state index in [-0.39, 0.29) is 11.3 Å². The van der Waals surface area contributed by atoms with Gasteiger partial charge in [0.1, 0.15) is 5.25 Å². The molecule has 2 atom stereocenters. The molecule has 0 rings (SSSR count). The second kappa shape index (κ2) is 5.64. The van der Waals surface area contributed by atoms with Gasteiger partial charge in [-0.05, 0) is 17.8 Å². The van der Waals surface area contributed by atoms with Crippen LogP contribution in [0.25, 0.3) is 0 Å². The summed E-state index contributed by atoms with van der Waals surface area (Å²) in [5.41, 5.74) is 0.107. The first-order chi connectivity index (χ1) is 6.65. The summed E-state index contributed by atoms with van der Waals surface area (Å²) in [5.74, 6) is -0.556. The largest absolute Gasteiger partial charge is 0.480 e. The van der Waals surface area contributed by atoms with Crippen molar-refractivity contribution in [2.45, 2.75) is 46.3 Å². The maximum atomic E-state index is 11.8. The van der Waals surface area contributed by atoms with Crippen molar-refractivity contribution in [3.63, 3.8) is 0 Å². The molecule has 0 amide bonds. The third-order valence-electron chi connectivity index (χ3n) is 2.19. The predicted octanol–water partition coefficient (Wildman–Crippen LogP) is 2.28. The van der Waals surface area contributed by atoms with Crippen molar-refractivity contribution in [1.29, 1.82) is 0 Å². The number of carboxylic acid groups (broad SMARTS) is 1. The summed E-state index contributed by atoms with van der Waals surface area (Å²) in [6, 6.07) is 0. The maximum absolute atomic E-state index is 11.8. The van der Waals surface area contributed by atoms with Crippen LogP contribution in [-0.2, 0) is 15.6 Å². The van der Waals surface area contributed by atoms with Gasteiger partial charge in [-0.3, -0.25) is 9.00 Å². The van der Waals surface area contributed by atoms with Gasteiger partial charge in [0.2, 0.25) is 0 Å². The highest BCUT2D eigenvalue weighted by Crippen LogP contribution is 2.20. The molecule has 3 nitrogen and oxygen atoms in total. The summed E-state index contributed by atoms with van der Waals surface area (Å²) in [6.45, 7) is 9.79. The minimum Gasteiger partial charge on any atom is -0.480 e. The summed E-state index contributed by atoms with van der Waals surface area (Å²) in [4.78, 5) is 10.9. The normalized spacial score (nSPS) is 16.4. The van der Waals surface area contributed by atoms with Crippen LogP contribution in [-0.4, -0.2) is 26.3 Å². The first kappa shape index (κ1) is 14.6. The molecule has 2 unspecified atom stereocenters. The Kier molecular flexibility index (Phi) is 5.49. The van der Waals surface area contributed by atoms with Crippen LogP contribution in [0.1, 0.15) is 41.0 Å². The Morgan fingerprint density at radius 1 is 1.33 bits per heavy atom. The Bertz CT molecular complexity index is 241. The van der Waals surface area contributed by atoms with Crippen molar-refractivity contribution in [1.82, 2.24) is 0 Å². The van der Waals surface area contributed by atoms with Crippen LogP contribution in [0, 0.1) is 11.3 Å². The fraction of sp³-hybridized carbons (Fsp3) is 0.909. The molecule has 0 fully saturated rings. The minimum absolute atomic E-state index is 0.0803. The molecule has 0 saturated carbocycles. The topological polar surface area (TPSA) is 54.4 Å². The van der Waals surface area contributed by atoms with Crippen molar-refractivity contribution in [3.8, 4) is 0 Å². The highest BCUT2D eigenvalue weighted by molar-refractivity contribution is 7.86. The average Bonchev–Trinajstić information content (AvgIpc) is 1.97. The van der Waals surface area contributed by atoms with E-state index in [1.807, 2.05) is 0 Å². The minimum atomic E-state index is -1.26. The third-order valence-corrected chi connectivity index (χ3v) is 4.10. The van der Waals surface area contributed by atoms with Gasteiger partial charge in [0.15, 0.2) is 0 Å². The fourth-order valence-corrected chi connectivity index (χ4v) is 3.13. The standard InChI is InChI=1S/C11H22O3S/c1-8(2)9(10(12)13)15(14)7-6-11(3,4)5/h8-9H,6-7H2,1-5H3,(H,12,13). The molecule has 0 heterocycles. The Labute approximate surface area is 94.7 Å². The van der Waals surface area contributed by atoms with E-state index in [1.165, 1.54) is 0 Å². The van der Waals surface area contributed by atoms with E-state index in [4.69, 9.17) is 5.11 Å². The quantitative estimate of drug-likeness (QED) is 0.794. The second-order valence-corrected chi connectivity index (χ2v) is 7.08. The molecular weight excluding hydrogens is 212 g/mol. The lowest BCUT2D eigenvalue weighted by Gasteiger charge is -2.20. The number of rotatable bonds is 5. The number of carbonyl (C=O) groups is 1. The van der Waals surface area contributed by atoms with Crippen molar-refractivity contribution in [3.05, 3.63) is 0 Å². The molecule has 15 heavy (non-hydrogen) atoms. The average molecular weight is 234 g/mol. The first-order valence-corrected chi connectivity index (χ1v) is 6.63. The summed E-state index contributed by atoms with van der Waals surface area (Å²) in [5, 5.41) is 8.22. The van der Waals surface area contributed by atoms with Gasteiger partial charge in [-0.25, -0.2) is 0 Å². The van der Waals surface area contributed by atoms with Crippen LogP contribution >= 0.6 is 0 Å². The van der Waals surface area contributed by atoms with Gasteiger partial charge in [0, 0.05) is 16.6 Å². The van der Waals surface area contributed by atoms with Crippen molar-refractivity contribution in [2.75, 3.05) is 5.75 Å². The van der Waals surface area contributed by atoms with Gasteiger partial charge in [0.25, 0.3) is 0 Å². The lowest BCUT2D eigenvalue weighted by molar-refractivity contribution is -0.137. The number of carboxylic acids is 1. The molecule has 0 aromatic rings. The predicted molar refractivity (Wildman–Crippen MR) is 63.3 cm³/mol. The monoisotopic (exact) mass is 234 g/mol. The summed E-state index contributed by atoms with van der Waals surface area (Å²) < 4.78 is 11.8. The van der Waals surface area contributed by atoms with Crippen LogP contribution in [0.15, 0.2) is 0 Å². The molecule has 0 aliphatic rings. The van der Waals surface area contributed by atoms with E-state index in [1.54, 1.807) is 13.8 Å². The van der Waals surface area contributed by atoms with Crippen LogP contribution in [0.2, 0.25) is 0 Å². The molecule has 0 aromatic heterocycles. The molecule has 0 aliphatic carbocycles. The smallest absolute Gasteiger partial charge is 0.319 e. The molecule has 0 aliphatic heterocycles. The first-order valence-electron chi connectivity index (χ1n) is 5.25. The van der Waals surface area contributed by atoms with E-state index in [2.05, 4.69) is 20.8 Å². The van der Waals surface area contributed by atoms with Gasteiger partial charge in [-0.15, -0.1) is 0 Å². The molecule has 90 valence electrons. The zero-order chi connectivity index (χ0) is 12.2. The summed E-state index contributed by atoms with van der Waals surface area (Å²) in [7, 11) is -1.26. The van der Waals surface area contributed by atoms with Crippen LogP contribution < -0.4 is 0 Å². The Hall–Kier alpha value is -0.380. The zero-order valence-corrected chi connectivity index (χ0v) is 11.1. The third kappa shape index (κ3) is 5.92. The van der Waals surface area contributed by atoms with E-state index >= 15 is 0 Å². The molecule has 0 spiro atoms. The van der Waals surface area contributed by atoms with E-state index in [0.29, 0.717) is 5.75 Å². The number of aliphatic carboxylic acids is 1. The zero-order valence-electron chi connectivity index (χ0n) is 10.2. The lowest BCUT2D eigenvalue weighted by Crippen LogP contribution is -2.33. The second-order valence-electron chi connectivity index (χ2n) is 5.40. The summed E-state index contributed by atoms with van der Waals surface area (Å²) in [6.07, 6.45) is 0.788. The highest BCUT2D eigenvalue weighted by Gasteiger charge is 2.28. The lowest BCUT2D eigenvalue weighted by atomic mass is 9.94.